The quantitative estimate of drug-likeness (QED) is 0.829. The lowest BCUT2D eigenvalue weighted by molar-refractivity contribution is 0.288. The van der Waals surface area contributed by atoms with Crippen LogP contribution in [0, 0.1) is 5.82 Å². The van der Waals surface area contributed by atoms with Crippen LogP contribution < -0.4 is 10.1 Å². The Balaban J connectivity index is 1.44. The average molecular weight is 355 g/mol. The van der Waals surface area contributed by atoms with Crippen molar-refractivity contribution in [3.05, 3.63) is 40.4 Å². The van der Waals surface area contributed by atoms with Gasteiger partial charge in [0, 0.05) is 24.8 Å². The second-order valence-corrected chi connectivity index (χ2v) is 5.91. The maximum absolute atomic E-state index is 13.3. The van der Waals surface area contributed by atoms with Gasteiger partial charge in [-0.3, -0.25) is 0 Å². The fourth-order valence-electron chi connectivity index (χ4n) is 1.89. The van der Waals surface area contributed by atoms with Crippen molar-refractivity contribution in [1.29, 1.82) is 0 Å². The number of aromatic nitrogens is 3. The Morgan fingerprint density at radius 1 is 1.43 bits per heavy atom. The van der Waals surface area contributed by atoms with Crippen molar-refractivity contribution in [1.82, 2.24) is 20.3 Å². The first-order valence-corrected chi connectivity index (χ1v) is 7.70. The van der Waals surface area contributed by atoms with Gasteiger partial charge in [-0.2, -0.15) is 0 Å². The summed E-state index contributed by atoms with van der Waals surface area (Å²) in [5, 5.41) is 11.5. The van der Waals surface area contributed by atoms with Crippen LogP contribution in [0.1, 0.15) is 18.5 Å². The molecule has 21 heavy (non-hydrogen) atoms. The molecule has 0 amide bonds. The zero-order valence-electron chi connectivity index (χ0n) is 11.4. The largest absolute Gasteiger partial charge is 0.492 e. The highest BCUT2D eigenvalue weighted by molar-refractivity contribution is 9.10. The second kappa shape index (κ2) is 6.53. The smallest absolute Gasteiger partial charge is 0.141 e. The van der Waals surface area contributed by atoms with Crippen molar-refractivity contribution in [2.75, 3.05) is 6.61 Å². The van der Waals surface area contributed by atoms with Gasteiger partial charge in [-0.1, -0.05) is 5.21 Å². The minimum absolute atomic E-state index is 0.332. The number of halogens is 2. The van der Waals surface area contributed by atoms with Gasteiger partial charge >= 0.3 is 0 Å². The first kappa shape index (κ1) is 14.5. The molecule has 1 fully saturated rings. The maximum Gasteiger partial charge on any atom is 0.141 e. The summed E-state index contributed by atoms with van der Waals surface area (Å²) >= 11 is 3.11. The van der Waals surface area contributed by atoms with Crippen LogP contribution in [0.3, 0.4) is 0 Å². The maximum atomic E-state index is 13.3. The molecule has 0 bridgehead atoms. The minimum Gasteiger partial charge on any atom is -0.492 e. The summed E-state index contributed by atoms with van der Waals surface area (Å²) in [5.74, 6) is 0.174. The van der Waals surface area contributed by atoms with E-state index in [1.54, 1.807) is 16.8 Å². The molecule has 0 saturated heterocycles. The van der Waals surface area contributed by atoms with Crippen LogP contribution in [0.25, 0.3) is 0 Å². The van der Waals surface area contributed by atoms with Gasteiger partial charge in [-0.15, -0.1) is 5.10 Å². The van der Waals surface area contributed by atoms with E-state index >= 15 is 0 Å². The second-order valence-electron chi connectivity index (χ2n) is 5.05. The predicted molar refractivity (Wildman–Crippen MR) is 79.5 cm³/mol. The van der Waals surface area contributed by atoms with Crippen LogP contribution in [-0.2, 0) is 13.1 Å². The molecule has 1 heterocycles. The average Bonchev–Trinajstić information content (AvgIpc) is 3.20. The summed E-state index contributed by atoms with van der Waals surface area (Å²) in [6.45, 7) is 1.75. The van der Waals surface area contributed by atoms with Crippen LogP contribution in [0.15, 0.2) is 28.9 Å². The van der Waals surface area contributed by atoms with E-state index in [4.69, 9.17) is 4.74 Å². The number of hydrogen-bond acceptors (Lipinski definition) is 4. The molecule has 1 N–H and O–H groups in total. The monoisotopic (exact) mass is 354 g/mol. The Kier molecular flexibility index (Phi) is 4.50. The molecule has 112 valence electrons. The van der Waals surface area contributed by atoms with Crippen LogP contribution >= 0.6 is 15.9 Å². The minimum atomic E-state index is -0.332. The summed E-state index contributed by atoms with van der Waals surface area (Å²) < 4.78 is 21.0. The molecule has 1 aliphatic carbocycles. The van der Waals surface area contributed by atoms with E-state index in [-0.39, 0.29) is 5.82 Å². The van der Waals surface area contributed by atoms with Gasteiger partial charge in [0.25, 0.3) is 0 Å². The van der Waals surface area contributed by atoms with Crippen LogP contribution in [0.4, 0.5) is 4.39 Å². The number of rotatable bonds is 7. The van der Waals surface area contributed by atoms with E-state index in [1.807, 2.05) is 6.20 Å². The van der Waals surface area contributed by atoms with Crippen molar-refractivity contribution < 1.29 is 9.13 Å². The molecule has 2 aromatic rings. The Morgan fingerprint density at radius 3 is 3.05 bits per heavy atom. The van der Waals surface area contributed by atoms with Gasteiger partial charge in [0.15, 0.2) is 0 Å². The van der Waals surface area contributed by atoms with Gasteiger partial charge in [0.1, 0.15) is 18.2 Å². The molecule has 7 heteroatoms. The molecule has 5 nitrogen and oxygen atoms in total. The summed E-state index contributed by atoms with van der Waals surface area (Å²) in [4.78, 5) is 0. The van der Waals surface area contributed by atoms with Crippen molar-refractivity contribution in [2.45, 2.75) is 32.0 Å². The van der Waals surface area contributed by atoms with Gasteiger partial charge in [0.05, 0.1) is 16.7 Å². The Morgan fingerprint density at radius 2 is 2.29 bits per heavy atom. The third kappa shape index (κ3) is 4.25. The molecule has 1 saturated carbocycles. The summed E-state index contributed by atoms with van der Waals surface area (Å²) in [7, 11) is 0. The highest BCUT2D eigenvalue weighted by Gasteiger charge is 2.20. The number of hydrogen-bond donors (Lipinski definition) is 1. The molecule has 1 aromatic carbocycles. The van der Waals surface area contributed by atoms with Crippen molar-refractivity contribution in [3.63, 3.8) is 0 Å². The van der Waals surface area contributed by atoms with Gasteiger partial charge < -0.3 is 10.1 Å². The van der Waals surface area contributed by atoms with E-state index < -0.39 is 0 Å². The standard InChI is InChI=1S/C14H16BrFN4O/c15-13-4-3-12(7-14(13)16)21-6-5-20-9-11(18-19-20)8-17-10-1-2-10/h3-4,7,9-10,17H,1-2,5-6,8H2. The van der Waals surface area contributed by atoms with E-state index in [0.29, 0.717) is 29.4 Å². The van der Waals surface area contributed by atoms with Crippen molar-refractivity contribution in [3.8, 4) is 5.75 Å². The normalized spacial score (nSPS) is 14.4. The molecule has 0 unspecified atom stereocenters. The molecule has 1 aliphatic rings. The van der Waals surface area contributed by atoms with Gasteiger partial charge in [0.2, 0.25) is 0 Å². The summed E-state index contributed by atoms with van der Waals surface area (Å²) in [6, 6.07) is 5.36. The van der Waals surface area contributed by atoms with Gasteiger partial charge in [-0.05, 0) is 40.9 Å². The first-order chi connectivity index (χ1) is 10.2. The van der Waals surface area contributed by atoms with Gasteiger partial charge in [-0.25, -0.2) is 9.07 Å². The molecule has 0 radical (unpaired) electrons. The van der Waals surface area contributed by atoms with Crippen LogP contribution in [0.2, 0.25) is 0 Å². The summed E-state index contributed by atoms with van der Waals surface area (Å²) in [6.07, 6.45) is 4.42. The molecular formula is C14H16BrFN4O. The SMILES string of the molecule is Fc1cc(OCCn2cc(CNC3CC3)nn2)ccc1Br. The molecule has 3 rings (SSSR count). The summed E-state index contributed by atoms with van der Waals surface area (Å²) in [5.41, 5.74) is 0.927. The molecule has 1 aromatic heterocycles. The Bertz CT molecular complexity index is 615. The fraction of sp³-hybridized carbons (Fsp3) is 0.429. The van der Waals surface area contributed by atoms with Crippen molar-refractivity contribution >= 4 is 15.9 Å². The zero-order chi connectivity index (χ0) is 14.7. The number of benzene rings is 1. The lowest BCUT2D eigenvalue weighted by atomic mass is 10.3. The predicted octanol–water partition coefficient (Wildman–Crippen LogP) is 2.51. The fourth-order valence-corrected chi connectivity index (χ4v) is 2.14. The molecular weight excluding hydrogens is 339 g/mol. The highest BCUT2D eigenvalue weighted by atomic mass is 79.9. The number of nitrogens with zero attached hydrogens (tertiary/aromatic N) is 3. The van der Waals surface area contributed by atoms with E-state index in [9.17, 15) is 4.39 Å². The highest BCUT2D eigenvalue weighted by Crippen LogP contribution is 2.21. The van der Waals surface area contributed by atoms with E-state index in [1.165, 1.54) is 18.9 Å². The Hall–Kier alpha value is -1.47. The van der Waals surface area contributed by atoms with Crippen molar-refractivity contribution in [2.24, 2.45) is 0 Å². The lowest BCUT2D eigenvalue weighted by Gasteiger charge is -2.06. The third-order valence-electron chi connectivity index (χ3n) is 3.22. The molecule has 0 aliphatic heterocycles. The van der Waals surface area contributed by atoms with E-state index in [2.05, 4.69) is 31.6 Å². The van der Waals surface area contributed by atoms with Crippen LogP contribution in [0.5, 0.6) is 5.75 Å². The molecule has 0 atom stereocenters. The van der Waals surface area contributed by atoms with E-state index in [0.717, 1.165) is 12.2 Å². The van der Waals surface area contributed by atoms with Crippen LogP contribution in [-0.4, -0.2) is 27.6 Å². The Labute approximate surface area is 130 Å². The number of ether oxygens (including phenoxy) is 1. The first-order valence-electron chi connectivity index (χ1n) is 6.91. The molecule has 0 spiro atoms. The number of nitrogens with one attached hydrogen (secondary N) is 1. The zero-order valence-corrected chi connectivity index (χ0v) is 13.0. The topological polar surface area (TPSA) is 52.0 Å². The lowest BCUT2D eigenvalue weighted by Crippen LogP contribution is -2.15. The third-order valence-corrected chi connectivity index (χ3v) is 3.86.